The van der Waals surface area contributed by atoms with Crippen LogP contribution >= 0.6 is 0 Å². The van der Waals surface area contributed by atoms with E-state index in [1.165, 1.54) is 0 Å². The Bertz CT molecular complexity index is 211. The normalized spacial score (nSPS) is 36.0. The molecule has 12 heavy (non-hydrogen) atoms. The Balaban J connectivity index is 0.00000121. The van der Waals surface area contributed by atoms with Gasteiger partial charge in [-0.1, -0.05) is 17.6 Å². The van der Waals surface area contributed by atoms with Crippen molar-refractivity contribution in [2.45, 2.75) is 29.5 Å². The molecule has 6 heteroatoms. The molecule has 68 valence electrons. The van der Waals surface area contributed by atoms with Crippen LogP contribution in [0.3, 0.4) is 0 Å². The molecular formula is C6H14Al2O3S. The van der Waals surface area contributed by atoms with Crippen LogP contribution in [0.4, 0.5) is 0 Å². The molecule has 2 atom stereocenters. The first kappa shape index (κ1) is 13.0. The van der Waals surface area contributed by atoms with Crippen LogP contribution in [0, 0.1) is 0 Å². The predicted octanol–water partition coefficient (Wildman–Crippen LogP) is -1.09. The Labute approximate surface area is 93.4 Å². The zero-order valence-corrected chi connectivity index (χ0v) is 12.6. The van der Waals surface area contributed by atoms with Gasteiger partial charge in [0.05, 0.1) is 0 Å². The maximum atomic E-state index is 10.8. The first-order valence-corrected chi connectivity index (χ1v) is 5.98. The summed E-state index contributed by atoms with van der Waals surface area (Å²) in [6.07, 6.45) is 1.32. The molecular weight excluding hydrogens is 206 g/mol. The molecule has 0 aromatic rings. The maximum absolute atomic E-state index is 10.8. The standard InChI is InChI=1S/C6H10O3S.2Al.4H/c1-6(10(7)8)2-4-9-5-3-6;;;;;;/h4H,2-3,5H2,1H3;;;;;;/q-1;;+1;;;;. The van der Waals surface area contributed by atoms with E-state index in [0.717, 1.165) is 16.3 Å². The van der Waals surface area contributed by atoms with Gasteiger partial charge in [-0.3, -0.25) is 0 Å². The van der Waals surface area contributed by atoms with Crippen molar-refractivity contribution in [2.24, 2.45) is 0 Å². The zero-order chi connectivity index (χ0) is 8.48. The van der Waals surface area contributed by atoms with Gasteiger partial charge in [-0.2, -0.15) is 0 Å². The summed E-state index contributed by atoms with van der Waals surface area (Å²) >= 11 is 0.922. The molecule has 0 bridgehead atoms. The van der Waals surface area contributed by atoms with Gasteiger partial charge in [0, 0.05) is 6.61 Å². The minimum absolute atomic E-state index is 0. The van der Waals surface area contributed by atoms with Crippen LogP contribution in [0.25, 0.3) is 0 Å². The molecule has 1 saturated heterocycles. The first-order valence-electron chi connectivity index (χ1n) is 3.75. The fourth-order valence-electron chi connectivity index (χ4n) is 1.40. The Hall–Kier alpha value is 0.975. The molecule has 0 saturated carbocycles. The van der Waals surface area contributed by atoms with Crippen LogP contribution in [-0.2, 0) is 23.9 Å². The van der Waals surface area contributed by atoms with E-state index in [2.05, 4.69) is 0 Å². The summed E-state index contributed by atoms with van der Waals surface area (Å²) in [5.74, 6) is 0. The van der Waals surface area contributed by atoms with E-state index in [9.17, 15) is 8.42 Å². The zero-order valence-electron chi connectivity index (χ0n) is 7.83. The van der Waals surface area contributed by atoms with Gasteiger partial charge in [-0.05, 0) is 22.6 Å². The molecule has 1 heterocycles. The van der Waals surface area contributed by atoms with E-state index < -0.39 is 15.5 Å². The van der Waals surface area contributed by atoms with Crippen LogP contribution in [-0.4, -0.2) is 50.0 Å². The molecule has 0 aliphatic carbocycles. The fraction of sp³-hybridized carbons (Fsp3) is 1.00. The van der Waals surface area contributed by atoms with Crippen molar-refractivity contribution >= 4 is 44.4 Å². The second-order valence-electron chi connectivity index (χ2n) is 3.32. The Kier molecular flexibility index (Phi) is 5.41. The Morgan fingerprint density at radius 1 is 1.58 bits per heavy atom. The van der Waals surface area contributed by atoms with Crippen molar-refractivity contribution in [3.8, 4) is 0 Å². The molecule has 2 unspecified atom stereocenters. The average Bonchev–Trinajstić information content (AvgIpc) is 1.86. The molecule has 1 aliphatic rings. The van der Waals surface area contributed by atoms with E-state index in [1.54, 1.807) is 6.92 Å². The molecule has 1 rings (SSSR count). The fourth-order valence-corrected chi connectivity index (χ4v) is 3.45. The van der Waals surface area contributed by atoms with E-state index in [0.29, 0.717) is 19.4 Å². The third kappa shape index (κ3) is 3.03. The molecule has 0 aromatic carbocycles. The van der Waals surface area contributed by atoms with Gasteiger partial charge in [-0.15, -0.1) is 0 Å². The first-order chi connectivity index (χ1) is 5.04. The van der Waals surface area contributed by atoms with Gasteiger partial charge in [0.15, 0.2) is 0 Å². The van der Waals surface area contributed by atoms with Crippen molar-refractivity contribution in [3.05, 3.63) is 0 Å². The summed E-state index contributed by atoms with van der Waals surface area (Å²) < 4.78 is 26.4. The van der Waals surface area contributed by atoms with Crippen LogP contribution < -0.4 is 0 Å². The molecule has 0 radical (unpaired) electrons. The summed E-state index contributed by atoms with van der Waals surface area (Å²) in [4.78, 5) is 0.214. The molecule has 1 fully saturated rings. The van der Waals surface area contributed by atoms with Crippen molar-refractivity contribution in [1.29, 1.82) is 0 Å². The Morgan fingerprint density at radius 2 is 2.17 bits per heavy atom. The number of rotatable bonds is 1. The van der Waals surface area contributed by atoms with Crippen molar-refractivity contribution in [2.75, 3.05) is 6.61 Å². The summed E-state index contributed by atoms with van der Waals surface area (Å²) in [7, 11) is -1.95. The van der Waals surface area contributed by atoms with Gasteiger partial charge < -0.3 is 13.2 Å². The van der Waals surface area contributed by atoms with E-state index in [1.807, 2.05) is 0 Å². The number of hydrogen-bond donors (Lipinski definition) is 0. The second-order valence-corrected chi connectivity index (χ2v) is 6.06. The quantitative estimate of drug-likeness (QED) is 0.416. The van der Waals surface area contributed by atoms with Crippen LogP contribution in [0.5, 0.6) is 0 Å². The predicted molar refractivity (Wildman–Crippen MR) is 53.2 cm³/mol. The van der Waals surface area contributed by atoms with E-state index in [-0.39, 0.29) is 22.3 Å². The molecule has 0 spiro atoms. The van der Waals surface area contributed by atoms with Gasteiger partial charge >= 0.3 is 17.4 Å². The van der Waals surface area contributed by atoms with Gasteiger partial charge in [0.1, 0.15) is 0 Å². The van der Waals surface area contributed by atoms with E-state index >= 15 is 0 Å². The second kappa shape index (κ2) is 5.01. The molecule has 0 aromatic heterocycles. The summed E-state index contributed by atoms with van der Waals surface area (Å²) in [6, 6.07) is 0. The third-order valence-corrected chi connectivity index (χ3v) is 4.07. The SMILES string of the molecule is CC1([S-](=O)=O)CCO[CH]([AlH2])C1.[AlH2+]. The van der Waals surface area contributed by atoms with Crippen molar-refractivity contribution in [1.82, 2.24) is 0 Å². The molecule has 1 aliphatic heterocycles. The Morgan fingerprint density at radius 3 is 2.50 bits per heavy atom. The minimum atomic E-state index is -1.95. The molecule has 3 nitrogen and oxygen atoms in total. The summed E-state index contributed by atoms with van der Waals surface area (Å²) in [6.45, 7) is 2.39. The number of hydrogen-bond acceptors (Lipinski definition) is 4. The summed E-state index contributed by atoms with van der Waals surface area (Å²) in [5.41, 5.74) is 0. The van der Waals surface area contributed by atoms with Gasteiger partial charge in [-0.25, -0.2) is 0 Å². The van der Waals surface area contributed by atoms with Gasteiger partial charge in [0.2, 0.25) is 0 Å². The van der Waals surface area contributed by atoms with Crippen molar-refractivity contribution in [3.63, 3.8) is 0 Å². The summed E-state index contributed by atoms with van der Waals surface area (Å²) in [5, 5.41) is 0. The van der Waals surface area contributed by atoms with Crippen molar-refractivity contribution < 1.29 is 13.2 Å². The van der Waals surface area contributed by atoms with Crippen LogP contribution in [0.15, 0.2) is 0 Å². The monoisotopic (exact) mass is 220 g/mol. The molecule has 0 amide bonds. The molecule has 0 N–H and O–H groups in total. The van der Waals surface area contributed by atoms with Crippen LogP contribution in [0.2, 0.25) is 0 Å². The average molecular weight is 220 g/mol. The van der Waals surface area contributed by atoms with Gasteiger partial charge in [0.25, 0.3) is 16.3 Å². The van der Waals surface area contributed by atoms with E-state index in [4.69, 9.17) is 4.74 Å². The number of ether oxygens (including phenoxy) is 1. The topological polar surface area (TPSA) is 43.4 Å². The van der Waals surface area contributed by atoms with Crippen LogP contribution in [0.1, 0.15) is 19.8 Å². The third-order valence-electron chi connectivity index (χ3n) is 2.15.